The third-order valence-electron chi connectivity index (χ3n) is 3.93. The standard InChI is InChI=1S/C19H17N3O5S/c1-22(15-6-3-2-4-7-15)28(25,26)16-11-9-14(10-12-16)18(23)20-21-19(24)17-8-5-13-27-17/h2-13H,1H3,(H,20,23)(H,21,24). The van der Waals surface area contributed by atoms with E-state index in [0.717, 1.165) is 4.31 Å². The highest BCUT2D eigenvalue weighted by molar-refractivity contribution is 7.92. The maximum atomic E-state index is 12.7. The predicted molar refractivity (Wildman–Crippen MR) is 102 cm³/mol. The zero-order chi connectivity index (χ0) is 20.1. The van der Waals surface area contributed by atoms with Gasteiger partial charge in [0.15, 0.2) is 5.76 Å². The number of hydrogen-bond donors (Lipinski definition) is 2. The molecule has 1 aromatic heterocycles. The summed E-state index contributed by atoms with van der Waals surface area (Å²) in [4.78, 5) is 23.9. The zero-order valence-electron chi connectivity index (χ0n) is 14.8. The van der Waals surface area contributed by atoms with Crippen LogP contribution in [-0.2, 0) is 10.0 Å². The molecule has 2 aromatic carbocycles. The molecule has 2 amide bonds. The van der Waals surface area contributed by atoms with E-state index in [-0.39, 0.29) is 16.2 Å². The van der Waals surface area contributed by atoms with Crippen LogP contribution in [0.5, 0.6) is 0 Å². The fourth-order valence-electron chi connectivity index (χ4n) is 2.37. The first kappa shape index (κ1) is 19.2. The number of furan rings is 1. The van der Waals surface area contributed by atoms with E-state index in [9.17, 15) is 18.0 Å². The molecule has 3 rings (SSSR count). The number of rotatable bonds is 5. The van der Waals surface area contributed by atoms with Crippen LogP contribution in [0.1, 0.15) is 20.9 Å². The molecule has 0 aliphatic rings. The minimum absolute atomic E-state index is 0.0371. The summed E-state index contributed by atoms with van der Waals surface area (Å²) >= 11 is 0. The number of carbonyl (C=O) groups is 2. The molecule has 0 saturated carbocycles. The second kappa shape index (κ2) is 7.97. The Morgan fingerprint density at radius 1 is 0.857 bits per heavy atom. The molecule has 3 aromatic rings. The van der Waals surface area contributed by atoms with Crippen molar-refractivity contribution in [1.82, 2.24) is 10.9 Å². The first-order chi connectivity index (χ1) is 13.4. The highest BCUT2D eigenvalue weighted by Gasteiger charge is 2.21. The van der Waals surface area contributed by atoms with Gasteiger partial charge in [0.05, 0.1) is 16.8 Å². The summed E-state index contributed by atoms with van der Waals surface area (Å²) in [6, 6.07) is 17.0. The van der Waals surface area contributed by atoms with Crippen molar-refractivity contribution in [3.05, 3.63) is 84.3 Å². The van der Waals surface area contributed by atoms with Crippen molar-refractivity contribution in [1.29, 1.82) is 0 Å². The Hall–Kier alpha value is -3.59. The third kappa shape index (κ3) is 4.04. The minimum atomic E-state index is -3.77. The van der Waals surface area contributed by atoms with Crippen LogP contribution in [0.25, 0.3) is 0 Å². The van der Waals surface area contributed by atoms with Gasteiger partial charge in [-0.25, -0.2) is 8.42 Å². The smallest absolute Gasteiger partial charge is 0.305 e. The molecule has 0 saturated heterocycles. The van der Waals surface area contributed by atoms with E-state index in [4.69, 9.17) is 4.42 Å². The average molecular weight is 399 g/mol. The summed E-state index contributed by atoms with van der Waals surface area (Å²) in [5.74, 6) is -1.16. The second-order valence-corrected chi connectivity index (χ2v) is 7.69. The number of carbonyl (C=O) groups excluding carboxylic acids is 2. The van der Waals surface area contributed by atoms with Crippen molar-refractivity contribution < 1.29 is 22.4 Å². The number of nitrogens with one attached hydrogen (secondary N) is 2. The summed E-state index contributed by atoms with van der Waals surface area (Å²) in [6.45, 7) is 0. The normalized spacial score (nSPS) is 10.9. The third-order valence-corrected chi connectivity index (χ3v) is 5.73. The van der Waals surface area contributed by atoms with Gasteiger partial charge in [-0.2, -0.15) is 0 Å². The lowest BCUT2D eigenvalue weighted by molar-refractivity contribution is 0.0831. The number of nitrogens with zero attached hydrogens (tertiary/aromatic N) is 1. The van der Waals surface area contributed by atoms with Crippen LogP contribution < -0.4 is 15.2 Å². The summed E-state index contributed by atoms with van der Waals surface area (Å²) in [5.41, 5.74) is 5.14. The second-order valence-electron chi connectivity index (χ2n) is 5.72. The topological polar surface area (TPSA) is 109 Å². The highest BCUT2D eigenvalue weighted by Crippen LogP contribution is 2.21. The Morgan fingerprint density at radius 2 is 1.50 bits per heavy atom. The van der Waals surface area contributed by atoms with Crippen LogP contribution in [-0.4, -0.2) is 27.3 Å². The molecule has 0 fully saturated rings. The van der Waals surface area contributed by atoms with Gasteiger partial charge in [0, 0.05) is 12.6 Å². The summed E-state index contributed by atoms with van der Waals surface area (Å²) in [7, 11) is -2.32. The van der Waals surface area contributed by atoms with Crippen molar-refractivity contribution in [3.63, 3.8) is 0 Å². The van der Waals surface area contributed by atoms with E-state index >= 15 is 0 Å². The van der Waals surface area contributed by atoms with Crippen LogP contribution >= 0.6 is 0 Å². The molecule has 0 aliphatic heterocycles. The van der Waals surface area contributed by atoms with E-state index in [1.165, 1.54) is 43.6 Å². The SMILES string of the molecule is CN(c1ccccc1)S(=O)(=O)c1ccc(C(=O)NNC(=O)c2ccco2)cc1. The largest absolute Gasteiger partial charge is 0.459 e. The Labute approximate surface area is 161 Å². The first-order valence-corrected chi connectivity index (χ1v) is 9.62. The molecule has 2 N–H and O–H groups in total. The molecule has 144 valence electrons. The molecule has 0 spiro atoms. The molecular weight excluding hydrogens is 382 g/mol. The van der Waals surface area contributed by atoms with E-state index in [2.05, 4.69) is 10.9 Å². The number of para-hydroxylation sites is 1. The monoisotopic (exact) mass is 399 g/mol. The van der Waals surface area contributed by atoms with E-state index in [0.29, 0.717) is 5.69 Å². The van der Waals surface area contributed by atoms with Gasteiger partial charge < -0.3 is 4.42 Å². The van der Waals surface area contributed by atoms with Gasteiger partial charge in [0.25, 0.3) is 15.9 Å². The van der Waals surface area contributed by atoms with Crippen LogP contribution in [0.2, 0.25) is 0 Å². The van der Waals surface area contributed by atoms with Gasteiger partial charge in [-0.15, -0.1) is 0 Å². The van der Waals surface area contributed by atoms with Gasteiger partial charge in [-0.1, -0.05) is 18.2 Å². The van der Waals surface area contributed by atoms with Gasteiger partial charge >= 0.3 is 5.91 Å². The van der Waals surface area contributed by atoms with E-state index < -0.39 is 21.8 Å². The molecule has 0 bridgehead atoms. The number of hydrogen-bond acceptors (Lipinski definition) is 5. The molecule has 0 unspecified atom stereocenters. The molecular formula is C19H17N3O5S. The van der Waals surface area contributed by atoms with Crippen LogP contribution in [0.4, 0.5) is 5.69 Å². The summed E-state index contributed by atoms with van der Waals surface area (Å²) in [6.07, 6.45) is 1.34. The lowest BCUT2D eigenvalue weighted by Gasteiger charge is -2.19. The number of hydrazine groups is 1. The fraction of sp³-hybridized carbons (Fsp3) is 0.0526. The predicted octanol–water partition coefficient (Wildman–Crippen LogP) is 2.18. The van der Waals surface area contributed by atoms with Gasteiger partial charge in [0.1, 0.15) is 0 Å². The molecule has 0 aliphatic carbocycles. The molecule has 0 radical (unpaired) electrons. The van der Waals surface area contributed by atoms with E-state index in [1.54, 1.807) is 36.4 Å². The summed E-state index contributed by atoms with van der Waals surface area (Å²) < 4.78 is 31.5. The first-order valence-electron chi connectivity index (χ1n) is 8.18. The Balaban J connectivity index is 1.68. The van der Waals surface area contributed by atoms with Gasteiger partial charge in [0.2, 0.25) is 0 Å². The van der Waals surface area contributed by atoms with Crippen LogP contribution in [0, 0.1) is 0 Å². The van der Waals surface area contributed by atoms with Crippen molar-refractivity contribution in [3.8, 4) is 0 Å². The molecule has 0 atom stereocenters. The molecule has 1 heterocycles. The lowest BCUT2D eigenvalue weighted by Crippen LogP contribution is -2.41. The van der Waals surface area contributed by atoms with Crippen molar-refractivity contribution in [2.45, 2.75) is 4.90 Å². The van der Waals surface area contributed by atoms with Crippen LogP contribution in [0.15, 0.2) is 82.3 Å². The maximum Gasteiger partial charge on any atom is 0.305 e. The Morgan fingerprint density at radius 3 is 2.11 bits per heavy atom. The quantitative estimate of drug-likeness (QED) is 0.639. The number of anilines is 1. The zero-order valence-corrected chi connectivity index (χ0v) is 15.6. The maximum absolute atomic E-state index is 12.7. The minimum Gasteiger partial charge on any atom is -0.459 e. The Kier molecular flexibility index (Phi) is 5.46. The number of amides is 2. The average Bonchev–Trinajstić information content (AvgIpc) is 3.27. The number of benzene rings is 2. The molecule has 8 nitrogen and oxygen atoms in total. The molecule has 9 heteroatoms. The highest BCUT2D eigenvalue weighted by atomic mass is 32.2. The number of sulfonamides is 1. The summed E-state index contributed by atoms with van der Waals surface area (Å²) in [5, 5.41) is 0. The molecule has 28 heavy (non-hydrogen) atoms. The Bertz CT molecular complexity index is 1060. The van der Waals surface area contributed by atoms with Crippen LogP contribution in [0.3, 0.4) is 0 Å². The van der Waals surface area contributed by atoms with Gasteiger partial charge in [-0.3, -0.25) is 24.7 Å². The lowest BCUT2D eigenvalue weighted by atomic mass is 10.2. The van der Waals surface area contributed by atoms with Crippen molar-refractivity contribution in [2.75, 3.05) is 11.4 Å². The van der Waals surface area contributed by atoms with Crippen molar-refractivity contribution in [2.24, 2.45) is 0 Å². The van der Waals surface area contributed by atoms with Crippen molar-refractivity contribution >= 4 is 27.5 Å². The van der Waals surface area contributed by atoms with Gasteiger partial charge in [-0.05, 0) is 48.5 Å². The fourth-order valence-corrected chi connectivity index (χ4v) is 3.56. The van der Waals surface area contributed by atoms with E-state index in [1.807, 2.05) is 0 Å².